The summed E-state index contributed by atoms with van der Waals surface area (Å²) in [5, 5.41) is 5.90. The minimum Gasteiger partial charge on any atom is -0.483 e. The molecule has 0 spiro atoms. The molecule has 0 saturated carbocycles. The molecule has 0 fully saturated rings. The van der Waals surface area contributed by atoms with Gasteiger partial charge in [0.15, 0.2) is 11.7 Å². The fraction of sp³-hybridized carbons (Fsp3) is 0.200. The lowest BCUT2D eigenvalue weighted by Gasteiger charge is -2.13. The van der Waals surface area contributed by atoms with E-state index in [-0.39, 0.29) is 12.5 Å². The Morgan fingerprint density at radius 1 is 1.19 bits per heavy atom. The SMILES string of the molecule is CC(C)c1ccccc1OCC(=O)Nc1nc(-c2ccc(Cl)cc2)cs1. The van der Waals surface area contributed by atoms with Crippen LogP contribution in [-0.2, 0) is 4.79 Å². The van der Waals surface area contributed by atoms with E-state index < -0.39 is 0 Å². The zero-order valence-electron chi connectivity index (χ0n) is 14.5. The largest absolute Gasteiger partial charge is 0.483 e. The van der Waals surface area contributed by atoms with Crippen molar-refractivity contribution in [3.05, 3.63) is 64.5 Å². The van der Waals surface area contributed by atoms with E-state index in [4.69, 9.17) is 16.3 Å². The van der Waals surface area contributed by atoms with Crippen molar-refractivity contribution >= 4 is 34.0 Å². The molecule has 4 nitrogen and oxygen atoms in total. The molecule has 0 aliphatic rings. The summed E-state index contributed by atoms with van der Waals surface area (Å²) in [6.45, 7) is 4.13. The number of hydrogen-bond acceptors (Lipinski definition) is 4. The highest BCUT2D eigenvalue weighted by molar-refractivity contribution is 7.14. The number of amides is 1. The van der Waals surface area contributed by atoms with E-state index in [1.54, 1.807) is 0 Å². The van der Waals surface area contributed by atoms with Gasteiger partial charge in [-0.3, -0.25) is 10.1 Å². The number of aromatic nitrogens is 1. The summed E-state index contributed by atoms with van der Waals surface area (Å²) < 4.78 is 5.69. The highest BCUT2D eigenvalue weighted by Crippen LogP contribution is 2.27. The lowest BCUT2D eigenvalue weighted by molar-refractivity contribution is -0.118. The van der Waals surface area contributed by atoms with Gasteiger partial charge in [-0.2, -0.15) is 0 Å². The third-order valence-electron chi connectivity index (χ3n) is 3.79. The van der Waals surface area contributed by atoms with Crippen molar-refractivity contribution in [2.75, 3.05) is 11.9 Å². The maximum Gasteiger partial charge on any atom is 0.264 e. The smallest absolute Gasteiger partial charge is 0.264 e. The van der Waals surface area contributed by atoms with Gasteiger partial charge in [0.1, 0.15) is 5.75 Å². The molecule has 0 unspecified atom stereocenters. The summed E-state index contributed by atoms with van der Waals surface area (Å²) >= 11 is 7.28. The van der Waals surface area contributed by atoms with Crippen LogP contribution in [0.15, 0.2) is 53.9 Å². The summed E-state index contributed by atoms with van der Waals surface area (Å²) in [5.41, 5.74) is 2.83. The Hall–Kier alpha value is -2.37. The molecule has 3 aromatic rings. The normalized spacial score (nSPS) is 10.8. The standard InChI is InChI=1S/C20H19ClN2O2S/c1-13(2)16-5-3-4-6-18(16)25-11-19(24)23-20-22-17(12-26-20)14-7-9-15(21)10-8-14/h3-10,12-13H,11H2,1-2H3,(H,22,23,24). The average molecular weight is 387 g/mol. The molecule has 1 amide bonds. The Labute approximate surface area is 161 Å². The van der Waals surface area contributed by atoms with Gasteiger partial charge in [-0.15, -0.1) is 11.3 Å². The van der Waals surface area contributed by atoms with Gasteiger partial charge in [0, 0.05) is 16.0 Å². The molecule has 0 radical (unpaired) electrons. The van der Waals surface area contributed by atoms with Gasteiger partial charge >= 0.3 is 0 Å². The van der Waals surface area contributed by atoms with Crippen LogP contribution in [0.2, 0.25) is 5.02 Å². The van der Waals surface area contributed by atoms with Crippen LogP contribution < -0.4 is 10.1 Å². The topological polar surface area (TPSA) is 51.2 Å². The van der Waals surface area contributed by atoms with Crippen LogP contribution in [0.3, 0.4) is 0 Å². The summed E-state index contributed by atoms with van der Waals surface area (Å²) in [6, 6.07) is 15.2. The second-order valence-electron chi connectivity index (χ2n) is 6.07. The van der Waals surface area contributed by atoms with Crippen LogP contribution in [0, 0.1) is 0 Å². The van der Waals surface area contributed by atoms with E-state index in [0.717, 1.165) is 22.6 Å². The number of nitrogens with zero attached hydrogens (tertiary/aromatic N) is 1. The number of hydrogen-bond donors (Lipinski definition) is 1. The molecule has 0 bridgehead atoms. The van der Waals surface area contributed by atoms with Crippen LogP contribution in [0.1, 0.15) is 25.3 Å². The number of nitrogens with one attached hydrogen (secondary N) is 1. The van der Waals surface area contributed by atoms with Crippen molar-refractivity contribution in [3.8, 4) is 17.0 Å². The van der Waals surface area contributed by atoms with Crippen molar-refractivity contribution in [2.24, 2.45) is 0 Å². The number of ether oxygens (including phenoxy) is 1. The van der Waals surface area contributed by atoms with E-state index in [1.807, 2.05) is 53.9 Å². The molecule has 3 rings (SSSR count). The molecule has 1 N–H and O–H groups in total. The number of benzene rings is 2. The van der Waals surface area contributed by atoms with Crippen molar-refractivity contribution in [1.29, 1.82) is 0 Å². The third-order valence-corrected chi connectivity index (χ3v) is 4.80. The summed E-state index contributed by atoms with van der Waals surface area (Å²) in [7, 11) is 0. The molecular weight excluding hydrogens is 368 g/mol. The van der Waals surface area contributed by atoms with Crippen LogP contribution in [0.4, 0.5) is 5.13 Å². The number of halogens is 1. The van der Waals surface area contributed by atoms with E-state index in [0.29, 0.717) is 16.1 Å². The average Bonchev–Trinajstić information content (AvgIpc) is 3.09. The maximum atomic E-state index is 12.2. The van der Waals surface area contributed by atoms with Gasteiger partial charge < -0.3 is 4.74 Å². The van der Waals surface area contributed by atoms with Crippen LogP contribution in [0.5, 0.6) is 5.75 Å². The van der Waals surface area contributed by atoms with Gasteiger partial charge in [-0.1, -0.05) is 55.8 Å². The molecule has 6 heteroatoms. The molecule has 0 atom stereocenters. The van der Waals surface area contributed by atoms with Crippen molar-refractivity contribution in [3.63, 3.8) is 0 Å². The first-order chi connectivity index (χ1) is 12.5. The van der Waals surface area contributed by atoms with E-state index in [1.165, 1.54) is 11.3 Å². The quantitative estimate of drug-likeness (QED) is 0.599. The number of para-hydroxylation sites is 1. The highest BCUT2D eigenvalue weighted by Gasteiger charge is 2.11. The van der Waals surface area contributed by atoms with E-state index in [9.17, 15) is 4.79 Å². The van der Waals surface area contributed by atoms with Crippen molar-refractivity contribution < 1.29 is 9.53 Å². The molecule has 2 aromatic carbocycles. The Morgan fingerprint density at radius 2 is 1.92 bits per heavy atom. The Morgan fingerprint density at radius 3 is 2.65 bits per heavy atom. The fourth-order valence-electron chi connectivity index (χ4n) is 2.47. The van der Waals surface area contributed by atoms with Gasteiger partial charge in [0.2, 0.25) is 0 Å². The number of anilines is 1. The predicted octanol–water partition coefficient (Wildman–Crippen LogP) is 5.60. The highest BCUT2D eigenvalue weighted by atomic mass is 35.5. The molecule has 0 aliphatic carbocycles. The molecular formula is C20H19ClN2O2S. The molecule has 134 valence electrons. The first-order valence-electron chi connectivity index (χ1n) is 8.26. The lowest BCUT2D eigenvalue weighted by atomic mass is 10.0. The molecule has 26 heavy (non-hydrogen) atoms. The van der Waals surface area contributed by atoms with Crippen LogP contribution in [-0.4, -0.2) is 17.5 Å². The van der Waals surface area contributed by atoms with Gasteiger partial charge in [-0.25, -0.2) is 4.98 Å². The van der Waals surface area contributed by atoms with Crippen LogP contribution in [0.25, 0.3) is 11.3 Å². The lowest BCUT2D eigenvalue weighted by Crippen LogP contribution is -2.20. The fourth-order valence-corrected chi connectivity index (χ4v) is 3.33. The summed E-state index contributed by atoms with van der Waals surface area (Å²) in [5.74, 6) is 0.828. The Bertz CT molecular complexity index is 891. The maximum absolute atomic E-state index is 12.2. The zero-order chi connectivity index (χ0) is 18.5. The zero-order valence-corrected chi connectivity index (χ0v) is 16.1. The van der Waals surface area contributed by atoms with Crippen molar-refractivity contribution in [2.45, 2.75) is 19.8 Å². The minimum atomic E-state index is -0.236. The first-order valence-corrected chi connectivity index (χ1v) is 9.51. The molecule has 0 saturated heterocycles. The van der Waals surface area contributed by atoms with Crippen molar-refractivity contribution in [1.82, 2.24) is 4.98 Å². The van der Waals surface area contributed by atoms with E-state index in [2.05, 4.69) is 24.1 Å². The Kier molecular flexibility index (Phi) is 5.91. The van der Waals surface area contributed by atoms with E-state index >= 15 is 0 Å². The van der Waals surface area contributed by atoms with Gasteiger partial charge in [-0.05, 0) is 29.7 Å². The molecule has 0 aliphatic heterocycles. The van der Waals surface area contributed by atoms with Crippen LogP contribution >= 0.6 is 22.9 Å². The third kappa shape index (κ3) is 4.62. The number of thiazole rings is 1. The summed E-state index contributed by atoms with van der Waals surface area (Å²) in [4.78, 5) is 16.6. The van der Waals surface area contributed by atoms with Gasteiger partial charge in [0.25, 0.3) is 5.91 Å². The monoisotopic (exact) mass is 386 g/mol. The number of rotatable bonds is 6. The minimum absolute atomic E-state index is 0.0560. The second-order valence-corrected chi connectivity index (χ2v) is 7.37. The number of carbonyl (C=O) groups excluding carboxylic acids is 1. The second kappa shape index (κ2) is 8.34. The molecule has 1 heterocycles. The Balaban J connectivity index is 1.60. The first kappa shape index (κ1) is 18.4. The summed E-state index contributed by atoms with van der Waals surface area (Å²) in [6.07, 6.45) is 0. The van der Waals surface area contributed by atoms with Gasteiger partial charge in [0.05, 0.1) is 5.69 Å². The number of carbonyl (C=O) groups is 1. The molecule has 1 aromatic heterocycles. The predicted molar refractivity (Wildman–Crippen MR) is 107 cm³/mol.